The van der Waals surface area contributed by atoms with Gasteiger partial charge in [0, 0.05) is 38.3 Å². The van der Waals surface area contributed by atoms with E-state index in [-0.39, 0.29) is 31.9 Å². The maximum atomic E-state index is 13.4. The van der Waals surface area contributed by atoms with E-state index in [0.29, 0.717) is 19.4 Å². The van der Waals surface area contributed by atoms with Crippen molar-refractivity contribution >= 4 is 47.4 Å². The quantitative estimate of drug-likeness (QED) is 0.103. The fraction of sp³-hybridized carbons (Fsp3) is 0.600. The predicted octanol–water partition coefficient (Wildman–Crippen LogP) is -7.21. The fourth-order valence-electron chi connectivity index (χ4n) is 4.28. The zero-order valence-corrected chi connectivity index (χ0v) is 25.4. The molecule has 2 aliphatic heterocycles. The van der Waals surface area contributed by atoms with Crippen LogP contribution in [0.4, 0.5) is 4.79 Å². The first-order valence-corrected chi connectivity index (χ1v) is 14.5. The van der Waals surface area contributed by atoms with Crippen LogP contribution >= 0.6 is 0 Å². The molecule has 2 heterocycles. The van der Waals surface area contributed by atoms with Crippen LogP contribution in [0, 0.1) is 0 Å². The van der Waals surface area contributed by atoms with E-state index in [1.807, 2.05) is 0 Å². The molecule has 0 saturated carbocycles. The van der Waals surface area contributed by atoms with Gasteiger partial charge in [-0.2, -0.15) is 0 Å². The minimum absolute atomic E-state index is 0.0101. The van der Waals surface area contributed by atoms with Crippen LogP contribution in [0.5, 0.6) is 0 Å². The lowest BCUT2D eigenvalue weighted by molar-refractivity contribution is -0.133. The van der Waals surface area contributed by atoms with E-state index in [9.17, 15) is 33.6 Å². The molecule has 8 amide bonds. The number of hydrogen-bond donors (Lipinski definition) is 13. The number of aliphatic imine (C=N–C) groups is 1. The zero-order valence-electron chi connectivity index (χ0n) is 25.4. The highest BCUT2D eigenvalue weighted by Gasteiger charge is 2.34. The van der Waals surface area contributed by atoms with Gasteiger partial charge in [0.2, 0.25) is 29.5 Å². The Bertz CT molecular complexity index is 1230. The number of amides is 8. The third-order valence-electron chi connectivity index (χ3n) is 6.84. The SMILES string of the molecule is C[C@@H]1NC(=O)[C@H](N)CNC(=O)[C@H]([C@@H]2CCN=C(N)N2)NC(=O)/C(=C/NC(N)=O)NC(=O)C(CNC(=O)C[C@@H](N)CCCN)NC1=O. The van der Waals surface area contributed by atoms with Gasteiger partial charge in [-0.3, -0.25) is 33.8 Å². The summed E-state index contributed by atoms with van der Waals surface area (Å²) in [7, 11) is 0. The second kappa shape index (κ2) is 18.1. The van der Waals surface area contributed by atoms with Crippen molar-refractivity contribution in [2.45, 2.75) is 68.9 Å². The molecule has 1 unspecified atom stereocenters. The number of hydrogen-bond acceptors (Lipinski definition) is 13. The van der Waals surface area contributed by atoms with Gasteiger partial charge in [0.05, 0.1) is 6.04 Å². The van der Waals surface area contributed by atoms with E-state index in [0.717, 1.165) is 6.20 Å². The van der Waals surface area contributed by atoms with E-state index >= 15 is 0 Å². The Morgan fingerprint density at radius 1 is 1.04 bits per heavy atom. The minimum atomic E-state index is -1.52. The Balaban J connectivity index is 2.42. The van der Waals surface area contributed by atoms with Crippen LogP contribution in [0.2, 0.25) is 0 Å². The van der Waals surface area contributed by atoms with Crippen molar-refractivity contribution < 1.29 is 33.6 Å². The molecule has 0 aliphatic carbocycles. The van der Waals surface area contributed by atoms with Crippen LogP contribution < -0.4 is 71.2 Å². The van der Waals surface area contributed by atoms with Crippen LogP contribution in [0.15, 0.2) is 16.9 Å². The van der Waals surface area contributed by atoms with Gasteiger partial charge in [0.25, 0.3) is 5.91 Å². The van der Waals surface area contributed by atoms with E-state index in [2.05, 4.69) is 47.5 Å². The Morgan fingerprint density at radius 3 is 2.41 bits per heavy atom. The van der Waals surface area contributed by atoms with Gasteiger partial charge in [-0.1, -0.05) is 0 Å². The Labute approximate surface area is 264 Å². The largest absolute Gasteiger partial charge is 0.370 e. The molecule has 0 aromatic rings. The predicted molar refractivity (Wildman–Crippen MR) is 163 cm³/mol. The summed E-state index contributed by atoms with van der Waals surface area (Å²) in [6, 6.07) is -7.79. The number of carbonyl (C=O) groups is 7. The normalized spacial score (nSPS) is 26.6. The molecule has 256 valence electrons. The summed E-state index contributed by atoms with van der Waals surface area (Å²) in [6.45, 7) is 1.08. The molecular formula is C25H44N14O7. The summed E-state index contributed by atoms with van der Waals surface area (Å²) in [5.41, 5.74) is 27.7. The Hall–Kier alpha value is -5.02. The minimum Gasteiger partial charge on any atom is -0.370 e. The van der Waals surface area contributed by atoms with Crippen molar-refractivity contribution in [3.05, 3.63) is 11.9 Å². The average Bonchev–Trinajstić information content (AvgIpc) is 3.00. The molecule has 0 bridgehead atoms. The number of primary amides is 1. The lowest BCUT2D eigenvalue weighted by Gasteiger charge is -2.31. The van der Waals surface area contributed by atoms with Gasteiger partial charge in [-0.05, 0) is 32.7 Å². The summed E-state index contributed by atoms with van der Waals surface area (Å²) in [5, 5.41) is 19.4. The van der Waals surface area contributed by atoms with Crippen molar-refractivity contribution in [2.24, 2.45) is 33.7 Å². The van der Waals surface area contributed by atoms with Gasteiger partial charge in [-0.25, -0.2) is 4.79 Å². The lowest BCUT2D eigenvalue weighted by Crippen LogP contribution is -2.63. The highest BCUT2D eigenvalue weighted by molar-refractivity contribution is 6.02. The molecule has 2 rings (SSSR count). The average molecular weight is 653 g/mol. The van der Waals surface area contributed by atoms with Crippen molar-refractivity contribution in [3.8, 4) is 0 Å². The van der Waals surface area contributed by atoms with Crippen LogP contribution in [-0.2, 0) is 28.8 Å². The van der Waals surface area contributed by atoms with Crippen LogP contribution in [0.25, 0.3) is 0 Å². The molecule has 1 saturated heterocycles. The highest BCUT2D eigenvalue weighted by atomic mass is 16.2. The Kier molecular flexibility index (Phi) is 14.6. The van der Waals surface area contributed by atoms with Gasteiger partial charge in [-0.15, -0.1) is 0 Å². The molecular weight excluding hydrogens is 608 g/mol. The maximum absolute atomic E-state index is 13.4. The van der Waals surface area contributed by atoms with E-state index in [1.54, 1.807) is 0 Å². The first-order chi connectivity index (χ1) is 21.7. The fourth-order valence-corrected chi connectivity index (χ4v) is 4.28. The molecule has 21 heteroatoms. The Morgan fingerprint density at radius 2 is 1.76 bits per heavy atom. The maximum Gasteiger partial charge on any atom is 0.316 e. The number of nitrogens with two attached hydrogens (primary N) is 5. The molecule has 46 heavy (non-hydrogen) atoms. The van der Waals surface area contributed by atoms with Gasteiger partial charge in [0.15, 0.2) is 5.96 Å². The highest BCUT2D eigenvalue weighted by Crippen LogP contribution is 2.07. The van der Waals surface area contributed by atoms with E-state index in [1.165, 1.54) is 6.92 Å². The van der Waals surface area contributed by atoms with Crippen molar-refractivity contribution in [3.63, 3.8) is 0 Å². The number of urea groups is 1. The van der Waals surface area contributed by atoms with E-state index in [4.69, 9.17) is 28.7 Å². The standard InChI is InChI=1S/C25H44N14O7/c1-11-19(41)36-15(9-32-17(40)7-12(27)3-2-5-26)21(43)37-16(10-34-25(30)46)22(44)39-18(14-4-6-31-24(29)38-14)23(45)33-8-13(28)20(42)35-11/h10-15,18H,2-9,26-28H2,1H3,(H,32,40)(H,33,45)(H,35,42)(H,36,41)(H,37,43)(H,39,44)(H3,29,31,38)(H3,30,34,46)/b16-10-/t11-,12-,13+,14-,15?,18-/m0/s1. The number of rotatable bonds is 9. The molecule has 0 radical (unpaired) electrons. The second-order valence-electron chi connectivity index (χ2n) is 10.7. The third-order valence-corrected chi connectivity index (χ3v) is 6.84. The van der Waals surface area contributed by atoms with Crippen molar-refractivity contribution in [2.75, 3.05) is 26.2 Å². The third kappa shape index (κ3) is 12.2. The monoisotopic (exact) mass is 652 g/mol. The van der Waals surface area contributed by atoms with Gasteiger partial charge in [0.1, 0.15) is 29.9 Å². The first kappa shape index (κ1) is 37.2. The van der Waals surface area contributed by atoms with Crippen LogP contribution in [0.1, 0.15) is 32.6 Å². The van der Waals surface area contributed by atoms with E-state index < -0.39 is 90.0 Å². The molecule has 1 fully saturated rings. The van der Waals surface area contributed by atoms with Gasteiger partial charge < -0.3 is 71.2 Å². The summed E-state index contributed by atoms with van der Waals surface area (Å²) >= 11 is 0. The van der Waals surface area contributed by atoms with Crippen LogP contribution in [-0.4, -0.2) is 110 Å². The van der Waals surface area contributed by atoms with Crippen LogP contribution in [0.3, 0.4) is 0 Å². The molecule has 0 spiro atoms. The van der Waals surface area contributed by atoms with Crippen molar-refractivity contribution in [1.29, 1.82) is 0 Å². The molecule has 18 N–H and O–H groups in total. The summed E-state index contributed by atoms with van der Waals surface area (Å²) in [4.78, 5) is 93.7. The number of carbonyl (C=O) groups excluding carboxylic acids is 7. The lowest BCUT2D eigenvalue weighted by atomic mass is 10.0. The smallest absolute Gasteiger partial charge is 0.316 e. The molecule has 0 aromatic heterocycles. The molecule has 0 aromatic carbocycles. The second-order valence-corrected chi connectivity index (χ2v) is 10.7. The molecule has 6 atom stereocenters. The summed E-state index contributed by atoms with van der Waals surface area (Å²) in [5.74, 6) is -5.04. The number of nitrogens with one attached hydrogen (secondary N) is 8. The zero-order chi connectivity index (χ0) is 34.4. The molecule has 2 aliphatic rings. The number of nitrogens with zero attached hydrogens (tertiary/aromatic N) is 1. The first-order valence-electron chi connectivity index (χ1n) is 14.5. The van der Waals surface area contributed by atoms with Crippen molar-refractivity contribution in [1.82, 2.24) is 42.5 Å². The summed E-state index contributed by atoms with van der Waals surface area (Å²) < 4.78 is 0. The van der Waals surface area contributed by atoms with Gasteiger partial charge >= 0.3 is 6.03 Å². The summed E-state index contributed by atoms with van der Waals surface area (Å²) in [6.07, 6.45) is 2.01. The number of guanidine groups is 1. The molecule has 21 nitrogen and oxygen atoms in total. The topological polar surface area (TPSA) is 358 Å².